The van der Waals surface area contributed by atoms with E-state index in [-0.39, 0.29) is 23.7 Å². The van der Waals surface area contributed by atoms with Crippen LogP contribution in [0.5, 0.6) is 0 Å². The number of nitro groups is 1. The van der Waals surface area contributed by atoms with E-state index >= 15 is 0 Å². The molecule has 1 heterocycles. The maximum absolute atomic E-state index is 13.2. The van der Waals surface area contributed by atoms with Gasteiger partial charge in [-0.15, -0.1) is 0 Å². The van der Waals surface area contributed by atoms with Crippen molar-refractivity contribution in [1.29, 1.82) is 0 Å². The first kappa shape index (κ1) is 23.2. The molecule has 1 atom stereocenters. The fourth-order valence-corrected chi connectivity index (χ4v) is 4.72. The minimum Gasteiger partial charge on any atom is -0.320 e. The van der Waals surface area contributed by atoms with Gasteiger partial charge in [-0.05, 0) is 30.2 Å². The molecule has 1 aliphatic rings. The Morgan fingerprint density at radius 3 is 2.35 bits per heavy atom. The number of hydrogen-bond donors (Lipinski definition) is 1. The first-order chi connectivity index (χ1) is 16.5. The van der Waals surface area contributed by atoms with E-state index in [1.807, 2.05) is 60.7 Å². The molecule has 3 aromatic rings. The number of carbonyl (C=O) groups is 2. The van der Waals surface area contributed by atoms with E-state index in [0.717, 1.165) is 5.56 Å². The van der Waals surface area contributed by atoms with Gasteiger partial charge in [0.1, 0.15) is 10.9 Å². The lowest BCUT2D eigenvalue weighted by Crippen LogP contribution is -2.35. The number of nitro benzene ring substituents is 1. The maximum atomic E-state index is 13.2. The average molecular weight is 475 g/mol. The number of para-hydroxylation sites is 3. The van der Waals surface area contributed by atoms with Crippen molar-refractivity contribution in [2.75, 3.05) is 11.9 Å². The summed E-state index contributed by atoms with van der Waals surface area (Å²) in [5.41, 5.74) is 1.72. The van der Waals surface area contributed by atoms with E-state index in [2.05, 4.69) is 10.3 Å². The van der Waals surface area contributed by atoms with Crippen LogP contribution in [0.2, 0.25) is 0 Å². The number of nitrogens with one attached hydrogen (secondary N) is 1. The average Bonchev–Trinajstić information content (AvgIpc) is 3.12. The third-order valence-corrected chi connectivity index (χ3v) is 6.39. The molecule has 0 aromatic heterocycles. The third kappa shape index (κ3) is 5.68. The zero-order valence-electron chi connectivity index (χ0n) is 18.2. The number of hydrogen-bond acceptors (Lipinski definition) is 6. The number of aliphatic imine (C=N–C) groups is 1. The van der Waals surface area contributed by atoms with Crippen LogP contribution < -0.4 is 5.32 Å². The lowest BCUT2D eigenvalue weighted by atomic mass is 10.1. The Morgan fingerprint density at radius 1 is 1.00 bits per heavy atom. The van der Waals surface area contributed by atoms with Crippen molar-refractivity contribution in [3.63, 3.8) is 0 Å². The predicted molar refractivity (Wildman–Crippen MR) is 133 cm³/mol. The monoisotopic (exact) mass is 474 g/mol. The second-order valence-corrected chi connectivity index (χ2v) is 8.76. The van der Waals surface area contributed by atoms with Crippen LogP contribution >= 0.6 is 11.8 Å². The third-order valence-electron chi connectivity index (χ3n) is 5.21. The molecule has 34 heavy (non-hydrogen) atoms. The van der Waals surface area contributed by atoms with Crippen LogP contribution in [0.3, 0.4) is 0 Å². The van der Waals surface area contributed by atoms with Crippen LogP contribution in [0.15, 0.2) is 89.9 Å². The molecule has 0 radical (unpaired) electrons. The topological polar surface area (TPSA) is 105 Å². The summed E-state index contributed by atoms with van der Waals surface area (Å²) in [7, 11) is 0. The Balaban J connectivity index is 1.50. The quantitative estimate of drug-likeness (QED) is 0.373. The molecule has 3 aromatic carbocycles. The Labute approximate surface area is 200 Å². The molecule has 0 aliphatic carbocycles. The number of benzene rings is 3. The van der Waals surface area contributed by atoms with Gasteiger partial charge in [0.2, 0.25) is 11.8 Å². The fraction of sp³-hybridized carbons (Fsp3) is 0.160. The molecular weight excluding hydrogens is 452 g/mol. The molecule has 8 nitrogen and oxygen atoms in total. The second-order valence-electron chi connectivity index (χ2n) is 7.59. The van der Waals surface area contributed by atoms with Gasteiger partial charge >= 0.3 is 0 Å². The number of amides is 2. The van der Waals surface area contributed by atoms with E-state index < -0.39 is 16.1 Å². The Morgan fingerprint density at radius 2 is 1.65 bits per heavy atom. The molecule has 0 saturated carbocycles. The summed E-state index contributed by atoms with van der Waals surface area (Å²) < 4.78 is 0. The summed E-state index contributed by atoms with van der Waals surface area (Å²) in [5, 5.41) is 13.7. The van der Waals surface area contributed by atoms with Gasteiger partial charge in [0.15, 0.2) is 5.17 Å². The van der Waals surface area contributed by atoms with Crippen molar-refractivity contribution in [1.82, 2.24) is 4.90 Å². The highest BCUT2D eigenvalue weighted by molar-refractivity contribution is 8.15. The summed E-state index contributed by atoms with van der Waals surface area (Å²) in [6.07, 6.45) is 0.529. The first-order valence-electron chi connectivity index (χ1n) is 10.7. The van der Waals surface area contributed by atoms with Gasteiger partial charge in [-0.25, -0.2) is 4.99 Å². The van der Waals surface area contributed by atoms with Gasteiger partial charge in [0.25, 0.3) is 5.69 Å². The van der Waals surface area contributed by atoms with Crippen molar-refractivity contribution < 1.29 is 14.5 Å². The summed E-state index contributed by atoms with van der Waals surface area (Å²) in [4.78, 5) is 42.8. The highest BCUT2D eigenvalue weighted by atomic mass is 32.2. The second kappa shape index (κ2) is 10.8. The predicted octanol–water partition coefficient (Wildman–Crippen LogP) is 4.80. The van der Waals surface area contributed by atoms with Crippen LogP contribution in [0.1, 0.15) is 12.0 Å². The minimum atomic E-state index is -0.666. The largest absolute Gasteiger partial charge is 0.320 e. The maximum Gasteiger partial charge on any atom is 0.292 e. The van der Waals surface area contributed by atoms with E-state index in [0.29, 0.717) is 23.8 Å². The van der Waals surface area contributed by atoms with Gasteiger partial charge < -0.3 is 5.32 Å². The van der Waals surface area contributed by atoms with Crippen molar-refractivity contribution in [3.05, 3.63) is 101 Å². The van der Waals surface area contributed by atoms with E-state index in [1.165, 1.54) is 30.0 Å². The Hall–Kier alpha value is -3.98. The molecule has 1 fully saturated rings. The van der Waals surface area contributed by atoms with Gasteiger partial charge in [0, 0.05) is 19.0 Å². The number of carbonyl (C=O) groups excluding carboxylic acids is 2. The summed E-state index contributed by atoms with van der Waals surface area (Å²) >= 11 is 1.24. The highest BCUT2D eigenvalue weighted by Gasteiger charge is 2.39. The molecular formula is C25H22N4O4S. The van der Waals surface area contributed by atoms with Crippen molar-refractivity contribution in [2.24, 2.45) is 4.99 Å². The van der Waals surface area contributed by atoms with E-state index in [1.54, 1.807) is 11.0 Å². The standard InChI is InChI=1S/C25H22N4O4S/c30-23(27-20-13-7-8-14-21(20)29(32)33)17-22-24(31)28(16-15-18-9-3-1-4-10-18)25(34-22)26-19-11-5-2-6-12-19/h1-14,22H,15-17H2,(H,27,30). The van der Waals surface area contributed by atoms with E-state index in [9.17, 15) is 19.7 Å². The lowest BCUT2D eigenvalue weighted by molar-refractivity contribution is -0.383. The van der Waals surface area contributed by atoms with Gasteiger partial charge in [-0.2, -0.15) is 0 Å². The van der Waals surface area contributed by atoms with E-state index in [4.69, 9.17) is 0 Å². The smallest absolute Gasteiger partial charge is 0.292 e. The van der Waals surface area contributed by atoms with Gasteiger partial charge in [-0.3, -0.25) is 24.6 Å². The summed E-state index contributed by atoms with van der Waals surface area (Å²) in [5.74, 6) is -0.669. The molecule has 0 bridgehead atoms. The molecule has 9 heteroatoms. The van der Waals surface area contributed by atoms with Crippen LogP contribution in [0, 0.1) is 10.1 Å². The number of nitrogens with zero attached hydrogens (tertiary/aromatic N) is 3. The van der Waals surface area contributed by atoms with Crippen molar-refractivity contribution in [3.8, 4) is 0 Å². The number of thioether (sulfide) groups is 1. The molecule has 1 unspecified atom stereocenters. The highest BCUT2D eigenvalue weighted by Crippen LogP contribution is 2.32. The van der Waals surface area contributed by atoms with Crippen LogP contribution in [0.25, 0.3) is 0 Å². The molecule has 1 N–H and O–H groups in total. The molecule has 0 spiro atoms. The van der Waals surface area contributed by atoms with Crippen molar-refractivity contribution >= 4 is 45.8 Å². The zero-order valence-corrected chi connectivity index (χ0v) is 19.0. The van der Waals surface area contributed by atoms with Crippen LogP contribution in [0.4, 0.5) is 17.1 Å². The SMILES string of the molecule is O=C(CC1SC(=Nc2ccccc2)N(CCc2ccccc2)C1=O)Nc1ccccc1[N+](=O)[O-]. The molecule has 172 valence electrons. The fourth-order valence-electron chi connectivity index (χ4n) is 3.54. The first-order valence-corrected chi connectivity index (χ1v) is 11.6. The molecule has 4 rings (SSSR count). The lowest BCUT2D eigenvalue weighted by Gasteiger charge is -2.16. The summed E-state index contributed by atoms with van der Waals surface area (Å²) in [6, 6.07) is 25.1. The molecule has 2 amide bonds. The zero-order chi connectivity index (χ0) is 23.9. The number of amidine groups is 1. The molecule has 1 saturated heterocycles. The van der Waals surface area contributed by atoms with Gasteiger partial charge in [-0.1, -0.05) is 72.4 Å². The number of rotatable bonds is 8. The molecule has 1 aliphatic heterocycles. The van der Waals surface area contributed by atoms with Gasteiger partial charge in [0.05, 0.1) is 10.6 Å². The van der Waals surface area contributed by atoms with Crippen LogP contribution in [-0.4, -0.2) is 38.6 Å². The Bertz CT molecular complexity index is 1220. The normalized spacial score (nSPS) is 16.6. The van der Waals surface area contributed by atoms with Crippen LogP contribution in [-0.2, 0) is 16.0 Å². The number of anilines is 1. The summed E-state index contributed by atoms with van der Waals surface area (Å²) in [6.45, 7) is 0.434. The van der Waals surface area contributed by atoms with Crippen molar-refractivity contribution in [2.45, 2.75) is 18.1 Å². The minimum absolute atomic E-state index is 0.104. The Kier molecular flexibility index (Phi) is 7.34.